The van der Waals surface area contributed by atoms with E-state index >= 15 is 0 Å². The van der Waals surface area contributed by atoms with Crippen LogP contribution < -0.4 is 0 Å². The molecule has 0 amide bonds. The van der Waals surface area contributed by atoms with E-state index in [1.54, 1.807) is 6.08 Å². The highest BCUT2D eigenvalue weighted by molar-refractivity contribution is 5.83. The summed E-state index contributed by atoms with van der Waals surface area (Å²) in [6.07, 6.45) is 8.87. The lowest BCUT2D eigenvalue weighted by atomic mass is 10.0. The van der Waals surface area contributed by atoms with Crippen molar-refractivity contribution in [3.63, 3.8) is 0 Å². The van der Waals surface area contributed by atoms with Gasteiger partial charge in [0.15, 0.2) is 0 Å². The highest BCUT2D eigenvalue weighted by Crippen LogP contribution is 2.15. The Balaban J connectivity index is 2.57. The zero-order chi connectivity index (χ0) is 8.10. The van der Waals surface area contributed by atoms with Gasteiger partial charge >= 0.3 is 5.97 Å². The minimum Gasteiger partial charge on any atom is -0.466 e. The first-order valence-electron chi connectivity index (χ1n) is 3.78. The Kier molecular flexibility index (Phi) is 2.90. The van der Waals surface area contributed by atoms with Gasteiger partial charge in [-0.1, -0.05) is 12.2 Å². The zero-order valence-corrected chi connectivity index (χ0v) is 6.67. The van der Waals surface area contributed by atoms with Crippen molar-refractivity contribution in [1.82, 2.24) is 0 Å². The molecule has 0 heterocycles. The molecule has 0 saturated heterocycles. The van der Waals surface area contributed by atoms with Crippen LogP contribution in [0.3, 0.4) is 0 Å². The van der Waals surface area contributed by atoms with Crippen LogP contribution in [0.1, 0.15) is 19.3 Å². The molecule has 0 atom stereocenters. The molecule has 1 aliphatic carbocycles. The molecule has 0 spiro atoms. The van der Waals surface area contributed by atoms with Gasteiger partial charge in [0, 0.05) is 6.08 Å². The smallest absolute Gasteiger partial charge is 0.330 e. The molecule has 0 aliphatic heterocycles. The van der Waals surface area contributed by atoms with Crippen molar-refractivity contribution in [1.29, 1.82) is 0 Å². The molecule has 11 heavy (non-hydrogen) atoms. The van der Waals surface area contributed by atoms with Crippen LogP contribution in [-0.2, 0) is 9.53 Å². The first kappa shape index (κ1) is 8.05. The molecule has 0 N–H and O–H groups in total. The Labute approximate surface area is 66.5 Å². The molecule has 0 radical (unpaired) electrons. The Hall–Kier alpha value is -1.05. The van der Waals surface area contributed by atoms with Crippen LogP contribution in [0.2, 0.25) is 0 Å². The Morgan fingerprint density at radius 1 is 1.73 bits per heavy atom. The number of esters is 1. The van der Waals surface area contributed by atoms with Gasteiger partial charge in [-0.15, -0.1) is 0 Å². The maximum atomic E-state index is 10.7. The Morgan fingerprint density at radius 3 is 3.09 bits per heavy atom. The number of carbonyl (C=O) groups excluding carboxylic acids is 1. The first-order chi connectivity index (χ1) is 5.33. The maximum Gasteiger partial charge on any atom is 0.330 e. The summed E-state index contributed by atoms with van der Waals surface area (Å²) >= 11 is 0. The molecule has 0 fully saturated rings. The Morgan fingerprint density at radius 2 is 2.55 bits per heavy atom. The van der Waals surface area contributed by atoms with Crippen LogP contribution in [0.5, 0.6) is 0 Å². The van der Waals surface area contributed by atoms with Gasteiger partial charge in [0.25, 0.3) is 0 Å². The summed E-state index contributed by atoms with van der Waals surface area (Å²) < 4.78 is 4.50. The van der Waals surface area contributed by atoms with Crippen LogP contribution >= 0.6 is 0 Å². The number of hydrogen-bond acceptors (Lipinski definition) is 2. The van der Waals surface area contributed by atoms with Gasteiger partial charge in [-0.25, -0.2) is 4.79 Å². The van der Waals surface area contributed by atoms with Crippen LogP contribution in [-0.4, -0.2) is 13.1 Å². The molecular formula is C9H12O2. The molecule has 0 aromatic rings. The number of carbonyl (C=O) groups is 1. The zero-order valence-electron chi connectivity index (χ0n) is 6.67. The predicted octanol–water partition coefficient (Wildman–Crippen LogP) is 1.83. The average Bonchev–Trinajstić information content (AvgIpc) is 2.06. The van der Waals surface area contributed by atoms with Gasteiger partial charge < -0.3 is 4.74 Å². The summed E-state index contributed by atoms with van der Waals surface area (Å²) in [7, 11) is 1.39. The second-order valence-corrected chi connectivity index (χ2v) is 2.54. The van der Waals surface area contributed by atoms with Crippen LogP contribution in [0, 0.1) is 0 Å². The lowest BCUT2D eigenvalue weighted by molar-refractivity contribution is -0.134. The van der Waals surface area contributed by atoms with Gasteiger partial charge in [-0.05, 0) is 24.8 Å². The predicted molar refractivity (Wildman–Crippen MR) is 43.1 cm³/mol. The quantitative estimate of drug-likeness (QED) is 0.423. The second-order valence-electron chi connectivity index (χ2n) is 2.54. The van der Waals surface area contributed by atoms with Crippen molar-refractivity contribution < 1.29 is 9.53 Å². The molecule has 60 valence electrons. The summed E-state index contributed by atoms with van der Waals surface area (Å²) in [5.74, 6) is -0.258. The fourth-order valence-corrected chi connectivity index (χ4v) is 1.07. The Bertz CT molecular complexity index is 202. The normalized spacial score (nSPS) is 20.3. The standard InChI is InChI=1S/C9H12O2/c1-11-9(10)7-8-5-3-2-4-6-8/h3,5,7H,2,4,6H2,1H3/b8-7-. The molecule has 0 saturated carbocycles. The number of hydrogen-bond donors (Lipinski definition) is 0. The molecule has 0 unspecified atom stereocenters. The van der Waals surface area contributed by atoms with Crippen LogP contribution in [0.15, 0.2) is 23.8 Å². The van der Waals surface area contributed by atoms with Crippen molar-refractivity contribution in [3.05, 3.63) is 23.8 Å². The molecule has 2 nitrogen and oxygen atoms in total. The highest BCUT2D eigenvalue weighted by Gasteiger charge is 2.01. The first-order valence-corrected chi connectivity index (χ1v) is 3.78. The summed E-state index contributed by atoms with van der Waals surface area (Å²) in [6.45, 7) is 0. The van der Waals surface area contributed by atoms with Crippen molar-refractivity contribution in [2.45, 2.75) is 19.3 Å². The van der Waals surface area contributed by atoms with Gasteiger partial charge in [0.2, 0.25) is 0 Å². The summed E-state index contributed by atoms with van der Waals surface area (Å²) in [4.78, 5) is 10.7. The van der Waals surface area contributed by atoms with Crippen molar-refractivity contribution in [2.24, 2.45) is 0 Å². The van der Waals surface area contributed by atoms with E-state index in [1.807, 2.05) is 6.08 Å². The van der Waals surface area contributed by atoms with Gasteiger partial charge in [0.05, 0.1) is 7.11 Å². The lowest BCUT2D eigenvalue weighted by Gasteiger charge is -2.05. The van der Waals surface area contributed by atoms with E-state index in [4.69, 9.17) is 0 Å². The minimum absolute atomic E-state index is 0.258. The fourth-order valence-electron chi connectivity index (χ4n) is 1.07. The highest BCUT2D eigenvalue weighted by atomic mass is 16.5. The van der Waals surface area contributed by atoms with E-state index in [0.717, 1.165) is 24.8 Å². The van der Waals surface area contributed by atoms with Gasteiger partial charge in [0.1, 0.15) is 0 Å². The fraction of sp³-hybridized carbons (Fsp3) is 0.444. The average molecular weight is 152 g/mol. The topological polar surface area (TPSA) is 26.3 Å². The summed E-state index contributed by atoms with van der Waals surface area (Å²) in [5.41, 5.74) is 1.07. The van der Waals surface area contributed by atoms with E-state index < -0.39 is 0 Å². The third kappa shape index (κ3) is 2.58. The molecule has 1 rings (SSSR count). The van der Waals surface area contributed by atoms with Gasteiger partial charge in [-0.2, -0.15) is 0 Å². The lowest BCUT2D eigenvalue weighted by Crippen LogP contribution is -1.97. The van der Waals surface area contributed by atoms with E-state index in [2.05, 4.69) is 10.8 Å². The molecule has 0 aromatic carbocycles. The van der Waals surface area contributed by atoms with Crippen LogP contribution in [0.25, 0.3) is 0 Å². The largest absolute Gasteiger partial charge is 0.466 e. The minimum atomic E-state index is -0.258. The maximum absolute atomic E-state index is 10.7. The van der Waals surface area contributed by atoms with E-state index in [9.17, 15) is 4.79 Å². The summed E-state index contributed by atoms with van der Waals surface area (Å²) in [5, 5.41) is 0. The molecule has 0 bridgehead atoms. The van der Waals surface area contributed by atoms with Crippen molar-refractivity contribution >= 4 is 5.97 Å². The molecule has 1 aliphatic rings. The SMILES string of the molecule is COC(=O)/C=C1/C=CCCC1. The monoisotopic (exact) mass is 152 g/mol. The molecular weight excluding hydrogens is 140 g/mol. The third-order valence-corrected chi connectivity index (χ3v) is 1.67. The number of rotatable bonds is 1. The van der Waals surface area contributed by atoms with E-state index in [-0.39, 0.29) is 5.97 Å². The molecule has 2 heteroatoms. The van der Waals surface area contributed by atoms with Crippen LogP contribution in [0.4, 0.5) is 0 Å². The second kappa shape index (κ2) is 3.96. The summed E-state index contributed by atoms with van der Waals surface area (Å²) in [6, 6.07) is 0. The van der Waals surface area contributed by atoms with E-state index in [0.29, 0.717) is 0 Å². The van der Waals surface area contributed by atoms with Crippen molar-refractivity contribution in [3.8, 4) is 0 Å². The number of allylic oxidation sites excluding steroid dienone is 3. The number of methoxy groups -OCH3 is 1. The van der Waals surface area contributed by atoms with Gasteiger partial charge in [-0.3, -0.25) is 0 Å². The molecule has 0 aromatic heterocycles. The third-order valence-electron chi connectivity index (χ3n) is 1.67. The van der Waals surface area contributed by atoms with E-state index in [1.165, 1.54) is 7.11 Å². The number of ether oxygens (including phenoxy) is 1. The van der Waals surface area contributed by atoms with Crippen molar-refractivity contribution in [2.75, 3.05) is 7.11 Å².